The minimum absolute atomic E-state index is 0.0242. The van der Waals surface area contributed by atoms with E-state index in [0.717, 1.165) is 25.7 Å². The van der Waals surface area contributed by atoms with E-state index in [1.54, 1.807) is 24.3 Å². The second-order valence-electron chi connectivity index (χ2n) is 9.24. The Balaban J connectivity index is 2.53. The molecule has 0 spiro atoms. The number of carbonyl (C=O) groups excluding carboxylic acids is 5. The largest absolute Gasteiger partial charge is 0.484 e. The van der Waals surface area contributed by atoms with Crippen molar-refractivity contribution in [3.05, 3.63) is 24.3 Å². The standard InChI is InChI=1S/C27H43N5O7/c1-4-5-6-7-14-29-24(35)13-12-23(26(28)37)31-27(38)19(2)30-25(36)18-39-22-11-8-10-21(17-22)32(20(3)34)15-9-16-33/h8,10-11,17,19,23,33H,4-7,9,12-16,18H2,1-3H3,(H2,28,37)(H,29,35)(H,30,36)(H,31,38)/t19-,23+/m0/s1. The van der Waals surface area contributed by atoms with Crippen molar-refractivity contribution in [3.63, 3.8) is 0 Å². The molecule has 12 heteroatoms. The second-order valence-corrected chi connectivity index (χ2v) is 9.24. The SMILES string of the molecule is CCCCCCNC(=O)CC[C@@H](NC(=O)[C@H](C)NC(=O)COc1cccc(N(CCCO)C(C)=O)c1)C(N)=O. The minimum Gasteiger partial charge on any atom is -0.484 e. The lowest BCUT2D eigenvalue weighted by molar-refractivity contribution is -0.131. The monoisotopic (exact) mass is 549 g/mol. The Bertz CT molecular complexity index is 956. The number of amides is 5. The number of hydrogen-bond acceptors (Lipinski definition) is 7. The fraction of sp³-hybridized carbons (Fsp3) is 0.593. The number of hydrogen-bond donors (Lipinski definition) is 5. The summed E-state index contributed by atoms with van der Waals surface area (Å²) < 4.78 is 5.51. The van der Waals surface area contributed by atoms with Gasteiger partial charge in [0.1, 0.15) is 17.8 Å². The van der Waals surface area contributed by atoms with Crippen molar-refractivity contribution in [2.45, 2.75) is 77.8 Å². The predicted molar refractivity (Wildman–Crippen MR) is 147 cm³/mol. The van der Waals surface area contributed by atoms with Crippen molar-refractivity contribution < 1.29 is 33.8 Å². The Morgan fingerprint density at radius 1 is 1.05 bits per heavy atom. The number of nitrogens with zero attached hydrogens (tertiary/aromatic N) is 1. The fourth-order valence-electron chi connectivity index (χ4n) is 3.66. The molecule has 0 bridgehead atoms. The van der Waals surface area contributed by atoms with Crippen LogP contribution in [0.5, 0.6) is 5.75 Å². The Morgan fingerprint density at radius 2 is 1.79 bits per heavy atom. The number of anilines is 1. The molecule has 39 heavy (non-hydrogen) atoms. The van der Waals surface area contributed by atoms with E-state index >= 15 is 0 Å². The summed E-state index contributed by atoms with van der Waals surface area (Å²) >= 11 is 0. The van der Waals surface area contributed by atoms with Crippen LogP contribution in [0.1, 0.15) is 65.7 Å². The summed E-state index contributed by atoms with van der Waals surface area (Å²) in [5, 5.41) is 16.8. The van der Waals surface area contributed by atoms with E-state index < -0.39 is 36.4 Å². The van der Waals surface area contributed by atoms with Crippen molar-refractivity contribution in [3.8, 4) is 5.75 Å². The molecule has 0 heterocycles. The number of ether oxygens (including phenoxy) is 1. The van der Waals surface area contributed by atoms with Crippen molar-refractivity contribution in [1.29, 1.82) is 0 Å². The number of benzene rings is 1. The second kappa shape index (κ2) is 18.6. The van der Waals surface area contributed by atoms with E-state index in [9.17, 15) is 24.0 Å². The van der Waals surface area contributed by atoms with Crippen LogP contribution in [-0.2, 0) is 24.0 Å². The van der Waals surface area contributed by atoms with Gasteiger partial charge in [0, 0.05) is 44.8 Å². The molecule has 0 aromatic heterocycles. The van der Waals surface area contributed by atoms with E-state index in [1.807, 2.05) is 0 Å². The van der Waals surface area contributed by atoms with Gasteiger partial charge in [0.05, 0.1) is 0 Å². The third-order valence-electron chi connectivity index (χ3n) is 5.86. The van der Waals surface area contributed by atoms with Gasteiger partial charge in [-0.25, -0.2) is 0 Å². The average molecular weight is 550 g/mol. The Morgan fingerprint density at radius 3 is 2.44 bits per heavy atom. The third-order valence-corrected chi connectivity index (χ3v) is 5.86. The normalized spacial score (nSPS) is 12.1. The van der Waals surface area contributed by atoms with E-state index in [0.29, 0.717) is 30.9 Å². The van der Waals surface area contributed by atoms with Gasteiger partial charge in [0.15, 0.2) is 6.61 Å². The summed E-state index contributed by atoms with van der Waals surface area (Å²) in [4.78, 5) is 62.1. The number of unbranched alkanes of at least 4 members (excludes halogenated alkanes) is 3. The average Bonchev–Trinajstić information content (AvgIpc) is 2.89. The maximum atomic E-state index is 12.5. The van der Waals surface area contributed by atoms with Gasteiger partial charge in [-0.15, -0.1) is 0 Å². The maximum Gasteiger partial charge on any atom is 0.258 e. The lowest BCUT2D eigenvalue weighted by atomic mass is 10.1. The van der Waals surface area contributed by atoms with Crippen LogP contribution >= 0.6 is 0 Å². The summed E-state index contributed by atoms with van der Waals surface area (Å²) in [7, 11) is 0. The number of aliphatic hydroxyl groups is 1. The van der Waals surface area contributed by atoms with E-state index in [4.69, 9.17) is 15.6 Å². The summed E-state index contributed by atoms with van der Waals surface area (Å²) in [5.74, 6) is -2.07. The Kier molecular flexibility index (Phi) is 15.9. The van der Waals surface area contributed by atoms with Gasteiger partial charge in [0.25, 0.3) is 5.91 Å². The number of aliphatic hydroxyl groups excluding tert-OH is 1. The molecule has 5 amide bonds. The first-order valence-electron chi connectivity index (χ1n) is 13.4. The van der Waals surface area contributed by atoms with E-state index in [1.165, 1.54) is 18.7 Å². The number of nitrogens with two attached hydrogens (primary N) is 1. The number of primary amides is 1. The Labute approximate surface area is 230 Å². The molecule has 218 valence electrons. The summed E-state index contributed by atoms with van der Waals surface area (Å²) in [6, 6.07) is 4.55. The van der Waals surface area contributed by atoms with Crippen LogP contribution < -0.4 is 31.3 Å². The Hall–Kier alpha value is -3.67. The first-order valence-corrected chi connectivity index (χ1v) is 13.4. The van der Waals surface area contributed by atoms with Gasteiger partial charge in [-0.3, -0.25) is 24.0 Å². The van der Waals surface area contributed by atoms with Crippen LogP contribution in [0.15, 0.2) is 24.3 Å². The summed E-state index contributed by atoms with van der Waals surface area (Å²) in [6.45, 7) is 5.40. The van der Waals surface area contributed by atoms with Gasteiger partial charge in [-0.2, -0.15) is 0 Å². The molecule has 12 nitrogen and oxygen atoms in total. The quantitative estimate of drug-likeness (QED) is 0.158. The molecule has 1 aromatic rings. The molecule has 0 fully saturated rings. The smallest absolute Gasteiger partial charge is 0.258 e. The molecule has 0 unspecified atom stereocenters. The molecule has 0 aliphatic rings. The van der Waals surface area contributed by atoms with Crippen LogP contribution in [0.2, 0.25) is 0 Å². The van der Waals surface area contributed by atoms with Gasteiger partial charge >= 0.3 is 0 Å². The van der Waals surface area contributed by atoms with Crippen molar-refractivity contribution in [1.82, 2.24) is 16.0 Å². The van der Waals surface area contributed by atoms with E-state index in [-0.39, 0.29) is 31.3 Å². The number of rotatable bonds is 19. The van der Waals surface area contributed by atoms with Gasteiger partial charge in [-0.1, -0.05) is 32.3 Å². The zero-order valence-electron chi connectivity index (χ0n) is 23.2. The van der Waals surface area contributed by atoms with Crippen LogP contribution in [0, 0.1) is 0 Å². The minimum atomic E-state index is -1.06. The van der Waals surface area contributed by atoms with Crippen LogP contribution in [0.25, 0.3) is 0 Å². The summed E-state index contributed by atoms with van der Waals surface area (Å²) in [6.07, 6.45) is 4.59. The topological polar surface area (TPSA) is 180 Å². The van der Waals surface area contributed by atoms with Crippen LogP contribution in [-0.4, -0.2) is 73.0 Å². The fourth-order valence-corrected chi connectivity index (χ4v) is 3.66. The van der Waals surface area contributed by atoms with E-state index in [2.05, 4.69) is 22.9 Å². The highest BCUT2D eigenvalue weighted by atomic mass is 16.5. The highest BCUT2D eigenvalue weighted by Crippen LogP contribution is 2.21. The van der Waals surface area contributed by atoms with Gasteiger partial charge in [-0.05, 0) is 38.3 Å². The van der Waals surface area contributed by atoms with Gasteiger partial charge in [0.2, 0.25) is 23.6 Å². The molecule has 0 saturated carbocycles. The first-order chi connectivity index (χ1) is 18.6. The number of nitrogens with one attached hydrogen (secondary N) is 3. The van der Waals surface area contributed by atoms with Crippen LogP contribution in [0.3, 0.4) is 0 Å². The molecule has 1 aromatic carbocycles. The molecule has 0 aliphatic heterocycles. The highest BCUT2D eigenvalue weighted by molar-refractivity contribution is 5.92. The van der Waals surface area contributed by atoms with Gasteiger partial charge < -0.3 is 36.4 Å². The molecular formula is C27H43N5O7. The molecule has 0 radical (unpaired) electrons. The molecular weight excluding hydrogens is 506 g/mol. The van der Waals surface area contributed by atoms with Crippen molar-refractivity contribution in [2.24, 2.45) is 5.73 Å². The van der Waals surface area contributed by atoms with Crippen molar-refractivity contribution >= 4 is 35.2 Å². The maximum absolute atomic E-state index is 12.5. The van der Waals surface area contributed by atoms with Crippen molar-refractivity contribution in [2.75, 3.05) is 31.2 Å². The zero-order chi connectivity index (χ0) is 29.2. The zero-order valence-corrected chi connectivity index (χ0v) is 23.2. The lowest BCUT2D eigenvalue weighted by Crippen LogP contribution is -2.52. The molecule has 1 rings (SSSR count). The van der Waals surface area contributed by atoms with Crippen LogP contribution in [0.4, 0.5) is 5.69 Å². The molecule has 6 N–H and O–H groups in total. The molecule has 0 saturated heterocycles. The number of carbonyl (C=O) groups is 5. The summed E-state index contributed by atoms with van der Waals surface area (Å²) in [5.41, 5.74) is 5.95. The molecule has 2 atom stereocenters. The molecule has 0 aliphatic carbocycles. The third kappa shape index (κ3) is 13.6. The highest BCUT2D eigenvalue weighted by Gasteiger charge is 2.23. The predicted octanol–water partition coefficient (Wildman–Crippen LogP) is 0.752. The lowest BCUT2D eigenvalue weighted by Gasteiger charge is -2.21. The first kappa shape index (κ1) is 33.4.